The highest BCUT2D eigenvalue weighted by molar-refractivity contribution is 14.0. The number of halogens is 2. The van der Waals surface area contributed by atoms with Crippen molar-refractivity contribution in [1.29, 1.82) is 0 Å². The molecule has 156 valence electrons. The fourth-order valence-corrected chi connectivity index (χ4v) is 3.87. The van der Waals surface area contributed by atoms with Gasteiger partial charge >= 0.3 is 0 Å². The summed E-state index contributed by atoms with van der Waals surface area (Å²) < 4.78 is 18.7. The number of ether oxygens (including phenoxy) is 1. The first-order valence-corrected chi connectivity index (χ1v) is 9.66. The molecule has 3 N–H and O–H groups in total. The molecule has 0 aliphatic carbocycles. The molecule has 1 amide bonds. The minimum absolute atomic E-state index is 0. The standard InChI is InChI=1S/C20H29FN4O2.HI/c1-2-23-19(25-9-7-20(13-25)8-10-27-14-20)24-12-16(18(22)26)11-15-3-5-17(21)6-4-15;/h3-6,16H,2,7-14H2,1H3,(H2,22,26)(H,23,24);1H. The van der Waals surface area contributed by atoms with Crippen LogP contribution in [0.2, 0.25) is 0 Å². The summed E-state index contributed by atoms with van der Waals surface area (Å²) in [5.74, 6) is -0.274. The van der Waals surface area contributed by atoms with Gasteiger partial charge in [-0.25, -0.2) is 4.39 Å². The van der Waals surface area contributed by atoms with Crippen molar-refractivity contribution in [2.45, 2.75) is 26.2 Å². The van der Waals surface area contributed by atoms with E-state index in [1.807, 2.05) is 6.92 Å². The number of aliphatic imine (C=N–C) groups is 1. The summed E-state index contributed by atoms with van der Waals surface area (Å²) in [5.41, 5.74) is 6.71. The third-order valence-electron chi connectivity index (χ3n) is 5.52. The fourth-order valence-electron chi connectivity index (χ4n) is 3.87. The van der Waals surface area contributed by atoms with Crippen molar-refractivity contribution in [2.24, 2.45) is 22.1 Å². The Hall–Kier alpha value is -1.42. The van der Waals surface area contributed by atoms with Gasteiger partial charge in [-0.15, -0.1) is 24.0 Å². The van der Waals surface area contributed by atoms with E-state index in [0.717, 1.165) is 57.2 Å². The molecular weight excluding hydrogens is 474 g/mol. The molecule has 28 heavy (non-hydrogen) atoms. The van der Waals surface area contributed by atoms with Crippen molar-refractivity contribution in [3.63, 3.8) is 0 Å². The lowest BCUT2D eigenvalue weighted by Gasteiger charge is -2.25. The van der Waals surface area contributed by atoms with Crippen LogP contribution in [0.5, 0.6) is 0 Å². The van der Waals surface area contributed by atoms with Crippen LogP contribution in [-0.2, 0) is 16.0 Å². The second-order valence-corrected chi connectivity index (χ2v) is 7.60. The summed E-state index contributed by atoms with van der Waals surface area (Å²) >= 11 is 0. The molecule has 2 unspecified atom stereocenters. The van der Waals surface area contributed by atoms with E-state index >= 15 is 0 Å². The molecule has 6 nitrogen and oxygen atoms in total. The van der Waals surface area contributed by atoms with Crippen LogP contribution < -0.4 is 11.1 Å². The molecule has 0 radical (unpaired) electrons. The third-order valence-corrected chi connectivity index (χ3v) is 5.52. The molecular formula is C20H30FIN4O2. The van der Waals surface area contributed by atoms with Crippen LogP contribution in [0.4, 0.5) is 4.39 Å². The molecule has 1 aromatic rings. The van der Waals surface area contributed by atoms with E-state index in [2.05, 4.69) is 10.2 Å². The number of nitrogens with one attached hydrogen (secondary N) is 1. The first-order valence-electron chi connectivity index (χ1n) is 9.66. The fraction of sp³-hybridized carbons (Fsp3) is 0.600. The summed E-state index contributed by atoms with van der Waals surface area (Å²) in [6, 6.07) is 6.16. The number of likely N-dealkylation sites (tertiary alicyclic amines) is 1. The zero-order valence-corrected chi connectivity index (χ0v) is 18.7. The van der Waals surface area contributed by atoms with Gasteiger partial charge in [0.15, 0.2) is 5.96 Å². The maximum absolute atomic E-state index is 13.1. The highest BCUT2D eigenvalue weighted by Crippen LogP contribution is 2.38. The van der Waals surface area contributed by atoms with Crippen LogP contribution >= 0.6 is 24.0 Å². The number of amides is 1. The monoisotopic (exact) mass is 504 g/mol. The van der Waals surface area contributed by atoms with Gasteiger partial charge in [0, 0.05) is 31.7 Å². The number of rotatable bonds is 6. The van der Waals surface area contributed by atoms with Crippen molar-refractivity contribution < 1.29 is 13.9 Å². The number of guanidine groups is 1. The molecule has 0 aromatic heterocycles. The van der Waals surface area contributed by atoms with Crippen molar-refractivity contribution >= 4 is 35.8 Å². The van der Waals surface area contributed by atoms with Crippen LogP contribution in [0, 0.1) is 17.2 Å². The van der Waals surface area contributed by atoms with Gasteiger partial charge in [0.25, 0.3) is 0 Å². The van der Waals surface area contributed by atoms with Crippen LogP contribution in [0.15, 0.2) is 29.3 Å². The Morgan fingerprint density at radius 1 is 1.39 bits per heavy atom. The summed E-state index contributed by atoms with van der Waals surface area (Å²) in [5, 5.41) is 3.33. The van der Waals surface area contributed by atoms with Crippen molar-refractivity contribution in [1.82, 2.24) is 10.2 Å². The Morgan fingerprint density at radius 3 is 2.75 bits per heavy atom. The molecule has 2 heterocycles. The molecule has 1 aromatic carbocycles. The Bertz CT molecular complexity index is 677. The van der Waals surface area contributed by atoms with Gasteiger partial charge in [-0.2, -0.15) is 0 Å². The van der Waals surface area contributed by atoms with Crippen LogP contribution in [0.3, 0.4) is 0 Å². The van der Waals surface area contributed by atoms with Gasteiger partial charge in [-0.05, 0) is 43.9 Å². The number of hydrogen-bond donors (Lipinski definition) is 2. The molecule has 0 bridgehead atoms. The number of primary amides is 1. The molecule has 3 rings (SSSR count). The van der Waals surface area contributed by atoms with Gasteiger partial charge in [-0.1, -0.05) is 12.1 Å². The van der Waals surface area contributed by atoms with E-state index in [0.29, 0.717) is 13.0 Å². The smallest absolute Gasteiger partial charge is 0.222 e. The van der Waals surface area contributed by atoms with Gasteiger partial charge in [0.2, 0.25) is 5.91 Å². The summed E-state index contributed by atoms with van der Waals surface area (Å²) in [4.78, 5) is 18.9. The number of benzene rings is 1. The van der Waals surface area contributed by atoms with Gasteiger partial charge in [0.05, 0.1) is 19.1 Å². The predicted octanol–water partition coefficient (Wildman–Crippen LogP) is 2.17. The Morgan fingerprint density at radius 2 is 2.14 bits per heavy atom. The van der Waals surface area contributed by atoms with E-state index < -0.39 is 5.92 Å². The maximum atomic E-state index is 13.1. The van der Waals surface area contributed by atoms with E-state index in [1.165, 1.54) is 12.1 Å². The Balaban J connectivity index is 0.00000280. The predicted molar refractivity (Wildman–Crippen MR) is 118 cm³/mol. The van der Waals surface area contributed by atoms with E-state index in [9.17, 15) is 9.18 Å². The van der Waals surface area contributed by atoms with Crippen LogP contribution in [0.1, 0.15) is 25.3 Å². The lowest BCUT2D eigenvalue weighted by atomic mass is 9.87. The molecule has 0 saturated carbocycles. The lowest BCUT2D eigenvalue weighted by molar-refractivity contribution is -0.121. The Kier molecular flexibility index (Phi) is 8.48. The topological polar surface area (TPSA) is 79.9 Å². The van der Waals surface area contributed by atoms with Gasteiger partial charge in [-0.3, -0.25) is 9.79 Å². The minimum atomic E-state index is -0.421. The molecule has 2 aliphatic heterocycles. The maximum Gasteiger partial charge on any atom is 0.222 e. The molecule has 8 heteroatoms. The largest absolute Gasteiger partial charge is 0.381 e. The molecule has 2 saturated heterocycles. The highest BCUT2D eigenvalue weighted by Gasteiger charge is 2.42. The summed E-state index contributed by atoms with van der Waals surface area (Å²) in [6.07, 6.45) is 2.65. The second kappa shape index (κ2) is 10.4. The van der Waals surface area contributed by atoms with Crippen molar-refractivity contribution in [3.05, 3.63) is 35.6 Å². The molecule has 2 fully saturated rings. The first-order chi connectivity index (χ1) is 13.0. The number of nitrogens with two attached hydrogens (primary N) is 1. The zero-order chi connectivity index (χ0) is 19.3. The van der Waals surface area contributed by atoms with Crippen molar-refractivity contribution in [3.8, 4) is 0 Å². The number of hydrogen-bond acceptors (Lipinski definition) is 3. The lowest BCUT2D eigenvalue weighted by Crippen LogP contribution is -2.42. The molecule has 2 aliphatic rings. The average Bonchev–Trinajstić information content (AvgIpc) is 3.29. The highest BCUT2D eigenvalue weighted by atomic mass is 127. The van der Waals surface area contributed by atoms with Gasteiger partial charge in [0.1, 0.15) is 5.82 Å². The van der Waals surface area contributed by atoms with E-state index in [1.54, 1.807) is 12.1 Å². The summed E-state index contributed by atoms with van der Waals surface area (Å²) in [7, 11) is 0. The van der Waals surface area contributed by atoms with Crippen LogP contribution in [0.25, 0.3) is 0 Å². The first kappa shape index (κ1) is 22.9. The molecule has 1 spiro atoms. The van der Waals surface area contributed by atoms with E-state index in [4.69, 9.17) is 15.5 Å². The summed E-state index contributed by atoms with van der Waals surface area (Å²) in [6.45, 7) is 6.63. The number of nitrogens with zero attached hydrogens (tertiary/aromatic N) is 2. The number of carbonyl (C=O) groups excluding carboxylic acids is 1. The SMILES string of the molecule is CCNC(=NCC(Cc1ccc(F)cc1)C(N)=O)N1CCC2(CCOC2)C1.I. The minimum Gasteiger partial charge on any atom is -0.381 e. The zero-order valence-electron chi connectivity index (χ0n) is 16.3. The molecule has 2 atom stereocenters. The van der Waals surface area contributed by atoms with Gasteiger partial charge < -0.3 is 20.7 Å². The average molecular weight is 504 g/mol. The van der Waals surface area contributed by atoms with Crippen LogP contribution in [-0.4, -0.2) is 56.2 Å². The third kappa shape index (κ3) is 5.79. The quantitative estimate of drug-likeness (QED) is 0.354. The van der Waals surface area contributed by atoms with Crippen molar-refractivity contribution in [2.75, 3.05) is 39.4 Å². The number of carbonyl (C=O) groups is 1. The van der Waals surface area contributed by atoms with E-state index in [-0.39, 0.29) is 41.1 Å². The normalized spacial score (nSPS) is 22.9. The Labute approximate surface area is 183 Å². The second-order valence-electron chi connectivity index (χ2n) is 7.60.